The zero-order valence-corrected chi connectivity index (χ0v) is 14.1. The van der Waals surface area contributed by atoms with E-state index in [0.29, 0.717) is 11.8 Å². The third-order valence-corrected chi connectivity index (χ3v) is 3.98. The molecule has 1 saturated carbocycles. The summed E-state index contributed by atoms with van der Waals surface area (Å²) in [6, 6.07) is 10.0. The van der Waals surface area contributed by atoms with Gasteiger partial charge in [-0.2, -0.15) is 4.98 Å². The van der Waals surface area contributed by atoms with Crippen LogP contribution in [0.25, 0.3) is 0 Å². The summed E-state index contributed by atoms with van der Waals surface area (Å²) in [5.74, 6) is 2.79. The van der Waals surface area contributed by atoms with Crippen LogP contribution in [0.1, 0.15) is 50.9 Å². The quantitative estimate of drug-likeness (QED) is 0.715. The minimum absolute atomic E-state index is 0.148. The molecule has 0 spiro atoms. The van der Waals surface area contributed by atoms with Crippen molar-refractivity contribution in [1.82, 2.24) is 9.97 Å². The molecule has 1 fully saturated rings. The fourth-order valence-electron chi connectivity index (χ4n) is 2.13. The van der Waals surface area contributed by atoms with Gasteiger partial charge in [-0.1, -0.05) is 32.9 Å². The molecule has 3 nitrogen and oxygen atoms in total. The molecular weight excluding hydrogens is 328 g/mol. The van der Waals surface area contributed by atoms with E-state index >= 15 is 0 Å². The minimum Gasteiger partial charge on any atom is -0.439 e. The average molecular weight is 347 g/mol. The lowest BCUT2D eigenvalue weighted by Crippen LogP contribution is -2.10. The Kier molecular flexibility index (Phi) is 3.74. The van der Waals surface area contributed by atoms with Crippen LogP contribution in [0.4, 0.5) is 0 Å². The van der Waals surface area contributed by atoms with Crippen molar-refractivity contribution in [2.24, 2.45) is 0 Å². The van der Waals surface area contributed by atoms with E-state index in [9.17, 15) is 0 Å². The zero-order chi connectivity index (χ0) is 15.0. The Balaban J connectivity index is 1.80. The molecule has 1 aromatic heterocycles. The highest BCUT2D eigenvalue weighted by Crippen LogP contribution is 2.39. The molecule has 0 bridgehead atoms. The largest absolute Gasteiger partial charge is 0.439 e. The van der Waals surface area contributed by atoms with E-state index in [1.807, 2.05) is 18.2 Å². The molecule has 3 rings (SSSR count). The third kappa shape index (κ3) is 3.62. The van der Waals surface area contributed by atoms with E-state index in [-0.39, 0.29) is 5.41 Å². The summed E-state index contributed by atoms with van der Waals surface area (Å²) in [6.45, 7) is 6.60. The molecule has 4 heteroatoms. The Morgan fingerprint density at radius 2 is 1.76 bits per heavy atom. The third-order valence-electron chi connectivity index (χ3n) is 3.57. The number of hydrogen-bond donors (Lipinski definition) is 0. The van der Waals surface area contributed by atoms with Crippen molar-refractivity contribution >= 4 is 15.9 Å². The van der Waals surface area contributed by atoms with Crippen molar-refractivity contribution in [1.29, 1.82) is 0 Å². The van der Waals surface area contributed by atoms with Gasteiger partial charge in [-0.25, -0.2) is 4.98 Å². The van der Waals surface area contributed by atoms with Gasteiger partial charge < -0.3 is 4.74 Å². The Labute approximate surface area is 133 Å². The number of nitrogens with zero attached hydrogens (tertiary/aromatic N) is 2. The molecule has 21 heavy (non-hydrogen) atoms. The van der Waals surface area contributed by atoms with Gasteiger partial charge in [0, 0.05) is 12.0 Å². The van der Waals surface area contributed by atoms with Gasteiger partial charge in [-0.05, 0) is 51.9 Å². The van der Waals surface area contributed by atoms with Crippen LogP contribution in [0.2, 0.25) is 0 Å². The summed E-state index contributed by atoms with van der Waals surface area (Å²) in [4.78, 5) is 8.91. The fraction of sp³-hybridized carbons (Fsp3) is 0.412. The van der Waals surface area contributed by atoms with Gasteiger partial charge in [0.2, 0.25) is 5.88 Å². The van der Waals surface area contributed by atoms with Crippen molar-refractivity contribution < 1.29 is 4.74 Å². The maximum atomic E-state index is 5.86. The van der Waals surface area contributed by atoms with E-state index in [1.54, 1.807) is 0 Å². The zero-order valence-electron chi connectivity index (χ0n) is 12.6. The van der Waals surface area contributed by atoms with Gasteiger partial charge in [-0.15, -0.1) is 0 Å². The van der Waals surface area contributed by atoms with Crippen LogP contribution in [0.3, 0.4) is 0 Å². The lowest BCUT2D eigenvalue weighted by Gasteiger charge is -2.19. The average Bonchev–Trinajstić information content (AvgIpc) is 3.21. The maximum Gasteiger partial charge on any atom is 0.223 e. The molecule has 0 amide bonds. The molecule has 0 saturated heterocycles. The SMILES string of the molecule is CC(C)(C)c1ccc(Oc2cc(Br)nc(C3CC3)n2)cc1. The van der Waals surface area contributed by atoms with Crippen molar-refractivity contribution in [3.05, 3.63) is 46.3 Å². The Morgan fingerprint density at radius 1 is 1.10 bits per heavy atom. The first kappa shape index (κ1) is 14.5. The standard InChI is InChI=1S/C17H19BrN2O/c1-17(2,3)12-6-8-13(9-7-12)21-15-10-14(18)19-16(20-15)11-4-5-11/h6-11H,4-5H2,1-3H3. The van der Waals surface area contributed by atoms with E-state index in [2.05, 4.69) is 58.8 Å². The van der Waals surface area contributed by atoms with Gasteiger partial charge in [0.15, 0.2) is 0 Å². The molecular formula is C17H19BrN2O. The van der Waals surface area contributed by atoms with Crippen LogP contribution in [0.15, 0.2) is 34.9 Å². The predicted octanol–water partition coefficient (Wildman–Crippen LogP) is 5.21. The van der Waals surface area contributed by atoms with Gasteiger partial charge in [0.1, 0.15) is 16.2 Å². The van der Waals surface area contributed by atoms with Crippen molar-refractivity contribution in [3.63, 3.8) is 0 Å². The van der Waals surface area contributed by atoms with Gasteiger partial charge in [0.05, 0.1) is 0 Å². The molecule has 1 heterocycles. The summed E-state index contributed by atoms with van der Waals surface area (Å²) >= 11 is 3.43. The lowest BCUT2D eigenvalue weighted by atomic mass is 9.87. The van der Waals surface area contributed by atoms with E-state index in [0.717, 1.165) is 16.2 Å². The van der Waals surface area contributed by atoms with Crippen LogP contribution < -0.4 is 4.74 Å². The Hall–Kier alpha value is -1.42. The highest BCUT2D eigenvalue weighted by atomic mass is 79.9. The molecule has 1 aromatic carbocycles. The van der Waals surface area contributed by atoms with Crippen LogP contribution in [0, 0.1) is 0 Å². The molecule has 1 aliphatic rings. The summed E-state index contributed by atoms with van der Waals surface area (Å²) in [6.07, 6.45) is 2.35. The molecule has 0 atom stereocenters. The van der Waals surface area contributed by atoms with Crippen LogP contribution in [-0.4, -0.2) is 9.97 Å². The van der Waals surface area contributed by atoms with Crippen LogP contribution in [-0.2, 0) is 5.41 Å². The maximum absolute atomic E-state index is 5.86. The first-order valence-electron chi connectivity index (χ1n) is 7.25. The van der Waals surface area contributed by atoms with Crippen molar-refractivity contribution in [2.45, 2.75) is 44.9 Å². The van der Waals surface area contributed by atoms with E-state index in [1.165, 1.54) is 18.4 Å². The molecule has 0 radical (unpaired) electrons. The monoisotopic (exact) mass is 346 g/mol. The normalized spacial score (nSPS) is 15.0. The first-order chi connectivity index (χ1) is 9.91. The summed E-state index contributed by atoms with van der Waals surface area (Å²) in [5, 5.41) is 0. The Bertz CT molecular complexity index is 643. The number of aromatic nitrogens is 2. The van der Waals surface area contributed by atoms with E-state index in [4.69, 9.17) is 4.74 Å². The Morgan fingerprint density at radius 3 is 2.33 bits per heavy atom. The highest BCUT2D eigenvalue weighted by Gasteiger charge is 2.27. The number of rotatable bonds is 3. The van der Waals surface area contributed by atoms with Gasteiger partial charge in [0.25, 0.3) is 0 Å². The van der Waals surface area contributed by atoms with Crippen molar-refractivity contribution in [2.75, 3.05) is 0 Å². The lowest BCUT2D eigenvalue weighted by molar-refractivity contribution is 0.457. The highest BCUT2D eigenvalue weighted by molar-refractivity contribution is 9.10. The van der Waals surface area contributed by atoms with Gasteiger partial charge in [-0.3, -0.25) is 0 Å². The second-order valence-corrected chi connectivity index (χ2v) is 7.35. The predicted molar refractivity (Wildman–Crippen MR) is 86.9 cm³/mol. The molecule has 0 N–H and O–H groups in total. The molecule has 0 aliphatic heterocycles. The topological polar surface area (TPSA) is 35.0 Å². The fourth-order valence-corrected chi connectivity index (χ4v) is 2.51. The van der Waals surface area contributed by atoms with Crippen LogP contribution >= 0.6 is 15.9 Å². The van der Waals surface area contributed by atoms with Crippen LogP contribution in [0.5, 0.6) is 11.6 Å². The second-order valence-electron chi connectivity index (χ2n) is 6.54. The smallest absolute Gasteiger partial charge is 0.223 e. The molecule has 0 unspecified atom stereocenters. The number of hydrogen-bond acceptors (Lipinski definition) is 3. The van der Waals surface area contributed by atoms with Crippen molar-refractivity contribution in [3.8, 4) is 11.6 Å². The number of ether oxygens (including phenoxy) is 1. The summed E-state index contributed by atoms with van der Waals surface area (Å²) in [5.41, 5.74) is 1.44. The first-order valence-corrected chi connectivity index (χ1v) is 8.04. The number of benzene rings is 1. The summed E-state index contributed by atoms with van der Waals surface area (Å²) in [7, 11) is 0. The molecule has 1 aliphatic carbocycles. The number of halogens is 1. The molecule has 110 valence electrons. The minimum atomic E-state index is 0.148. The summed E-state index contributed by atoms with van der Waals surface area (Å²) < 4.78 is 6.64. The van der Waals surface area contributed by atoms with Gasteiger partial charge >= 0.3 is 0 Å². The van der Waals surface area contributed by atoms with E-state index < -0.39 is 0 Å². The molecule has 2 aromatic rings. The second kappa shape index (κ2) is 5.41.